The van der Waals surface area contributed by atoms with Crippen LogP contribution < -0.4 is 4.90 Å². The molecule has 20 heavy (non-hydrogen) atoms. The summed E-state index contributed by atoms with van der Waals surface area (Å²) in [5.74, 6) is -0.226. The van der Waals surface area contributed by atoms with Crippen LogP contribution in [0.4, 0.5) is 5.69 Å². The van der Waals surface area contributed by atoms with E-state index in [9.17, 15) is 9.59 Å². The normalized spacial score (nSPS) is 24.4. The number of aryl methyl sites for hydroxylation is 1. The van der Waals surface area contributed by atoms with Crippen molar-refractivity contribution in [1.29, 1.82) is 0 Å². The minimum atomic E-state index is -0.326. The third-order valence-corrected chi connectivity index (χ3v) is 3.90. The summed E-state index contributed by atoms with van der Waals surface area (Å²) >= 11 is 0. The fourth-order valence-corrected chi connectivity index (χ4v) is 2.76. The first-order chi connectivity index (χ1) is 9.66. The van der Waals surface area contributed by atoms with E-state index in [1.54, 1.807) is 0 Å². The van der Waals surface area contributed by atoms with Crippen LogP contribution in [0.25, 0.3) is 0 Å². The highest BCUT2D eigenvalue weighted by Crippen LogP contribution is 2.26. The second kappa shape index (κ2) is 5.34. The molecular weight excluding hydrogens is 256 g/mol. The molecule has 0 spiro atoms. The number of nitrogens with zero attached hydrogens (tertiary/aromatic N) is 2. The number of hydrogen-bond donors (Lipinski definition) is 0. The lowest BCUT2D eigenvalue weighted by Gasteiger charge is -2.30. The Morgan fingerprint density at radius 3 is 2.40 bits per heavy atom. The highest BCUT2D eigenvalue weighted by atomic mass is 16.5. The van der Waals surface area contributed by atoms with Gasteiger partial charge in [0.05, 0.1) is 31.4 Å². The second-order valence-electron chi connectivity index (χ2n) is 5.27. The number of imide groups is 1. The first-order valence-corrected chi connectivity index (χ1v) is 6.92. The zero-order valence-corrected chi connectivity index (χ0v) is 11.5. The molecule has 2 saturated heterocycles. The molecule has 2 amide bonds. The largest absolute Gasteiger partial charge is 0.379 e. The third kappa shape index (κ3) is 2.34. The zero-order valence-electron chi connectivity index (χ0n) is 11.5. The van der Waals surface area contributed by atoms with Crippen LogP contribution in [0.15, 0.2) is 24.3 Å². The molecule has 0 aliphatic carbocycles. The summed E-state index contributed by atoms with van der Waals surface area (Å²) in [5, 5.41) is 0. The summed E-state index contributed by atoms with van der Waals surface area (Å²) in [4.78, 5) is 28.1. The van der Waals surface area contributed by atoms with Crippen molar-refractivity contribution in [1.82, 2.24) is 4.90 Å². The van der Waals surface area contributed by atoms with Gasteiger partial charge in [-0.2, -0.15) is 0 Å². The quantitative estimate of drug-likeness (QED) is 0.754. The van der Waals surface area contributed by atoms with Crippen LogP contribution >= 0.6 is 0 Å². The number of carbonyl (C=O) groups is 2. The molecule has 2 fully saturated rings. The molecule has 2 heterocycles. The van der Waals surface area contributed by atoms with Gasteiger partial charge < -0.3 is 4.74 Å². The van der Waals surface area contributed by atoms with Gasteiger partial charge in [0.15, 0.2) is 0 Å². The van der Waals surface area contributed by atoms with Crippen LogP contribution in [0, 0.1) is 6.92 Å². The Bertz CT molecular complexity index is 520. The number of hydrogen-bond acceptors (Lipinski definition) is 4. The maximum Gasteiger partial charge on any atom is 0.251 e. The van der Waals surface area contributed by atoms with Gasteiger partial charge in [0.25, 0.3) is 5.91 Å². The van der Waals surface area contributed by atoms with Crippen LogP contribution in [0.3, 0.4) is 0 Å². The van der Waals surface area contributed by atoms with Gasteiger partial charge in [0.2, 0.25) is 5.91 Å². The Labute approximate surface area is 118 Å². The van der Waals surface area contributed by atoms with Crippen molar-refractivity contribution in [3.8, 4) is 0 Å². The Morgan fingerprint density at radius 2 is 1.75 bits per heavy atom. The Hall–Kier alpha value is -1.72. The maximum atomic E-state index is 12.5. The minimum absolute atomic E-state index is 0.110. The second-order valence-corrected chi connectivity index (χ2v) is 5.27. The van der Waals surface area contributed by atoms with E-state index in [1.165, 1.54) is 4.90 Å². The summed E-state index contributed by atoms with van der Waals surface area (Å²) in [6.07, 6.45) is 0.271. The minimum Gasteiger partial charge on any atom is -0.379 e. The van der Waals surface area contributed by atoms with Gasteiger partial charge in [-0.25, -0.2) is 4.90 Å². The number of morpholine rings is 1. The number of benzene rings is 1. The Kier molecular flexibility index (Phi) is 3.54. The van der Waals surface area contributed by atoms with Crippen molar-refractivity contribution in [3.05, 3.63) is 29.8 Å². The van der Waals surface area contributed by atoms with Crippen molar-refractivity contribution in [3.63, 3.8) is 0 Å². The summed E-state index contributed by atoms with van der Waals surface area (Å²) < 4.78 is 5.29. The molecule has 1 aromatic carbocycles. The number of amides is 2. The molecule has 1 aromatic rings. The van der Waals surface area contributed by atoms with E-state index in [0.29, 0.717) is 32.0 Å². The molecule has 2 aliphatic rings. The van der Waals surface area contributed by atoms with Crippen LogP contribution in [-0.4, -0.2) is 49.1 Å². The lowest BCUT2D eigenvalue weighted by atomic mass is 10.2. The molecule has 0 aromatic heterocycles. The summed E-state index contributed by atoms with van der Waals surface area (Å²) in [6.45, 7) is 4.66. The van der Waals surface area contributed by atoms with Crippen molar-refractivity contribution < 1.29 is 14.3 Å². The molecule has 0 bridgehead atoms. The van der Waals surface area contributed by atoms with E-state index < -0.39 is 0 Å². The number of ether oxygens (including phenoxy) is 1. The predicted molar refractivity (Wildman–Crippen MR) is 74.5 cm³/mol. The molecule has 2 aliphatic heterocycles. The molecule has 0 radical (unpaired) electrons. The summed E-state index contributed by atoms with van der Waals surface area (Å²) in [6, 6.07) is 7.16. The topological polar surface area (TPSA) is 49.9 Å². The fourth-order valence-electron chi connectivity index (χ4n) is 2.76. The predicted octanol–water partition coefficient (Wildman–Crippen LogP) is 0.959. The van der Waals surface area contributed by atoms with Crippen LogP contribution in [0.2, 0.25) is 0 Å². The molecule has 0 unspecified atom stereocenters. The van der Waals surface area contributed by atoms with Gasteiger partial charge in [-0.3, -0.25) is 14.5 Å². The fraction of sp³-hybridized carbons (Fsp3) is 0.467. The van der Waals surface area contributed by atoms with E-state index in [-0.39, 0.29) is 24.3 Å². The zero-order chi connectivity index (χ0) is 14.1. The molecule has 5 nitrogen and oxygen atoms in total. The van der Waals surface area contributed by atoms with Gasteiger partial charge in [-0.15, -0.1) is 0 Å². The molecular formula is C15H18N2O3. The average Bonchev–Trinajstić information content (AvgIpc) is 2.76. The smallest absolute Gasteiger partial charge is 0.251 e. The first-order valence-electron chi connectivity index (χ1n) is 6.92. The maximum absolute atomic E-state index is 12.5. The highest BCUT2D eigenvalue weighted by Gasteiger charge is 2.42. The van der Waals surface area contributed by atoms with Crippen molar-refractivity contribution in [2.45, 2.75) is 19.4 Å². The first kappa shape index (κ1) is 13.3. The van der Waals surface area contributed by atoms with E-state index in [1.807, 2.05) is 31.2 Å². The van der Waals surface area contributed by atoms with Gasteiger partial charge in [0, 0.05) is 13.1 Å². The van der Waals surface area contributed by atoms with Crippen molar-refractivity contribution in [2.24, 2.45) is 0 Å². The number of carbonyl (C=O) groups excluding carboxylic acids is 2. The van der Waals surface area contributed by atoms with Gasteiger partial charge in [0.1, 0.15) is 0 Å². The lowest BCUT2D eigenvalue weighted by molar-refractivity contribution is -0.123. The molecule has 5 heteroatoms. The van der Waals surface area contributed by atoms with Crippen LogP contribution in [0.1, 0.15) is 12.0 Å². The lowest BCUT2D eigenvalue weighted by Crippen LogP contribution is -2.47. The molecule has 0 N–H and O–H groups in total. The SMILES string of the molecule is Cc1ccc(N2C(=O)C[C@@H](N3CCOCC3)C2=O)cc1. The molecule has 1 atom stereocenters. The number of rotatable bonds is 2. The molecule has 0 saturated carbocycles. The van der Waals surface area contributed by atoms with E-state index in [4.69, 9.17) is 4.74 Å². The third-order valence-electron chi connectivity index (χ3n) is 3.90. The van der Waals surface area contributed by atoms with E-state index in [2.05, 4.69) is 4.90 Å². The Balaban J connectivity index is 1.81. The van der Waals surface area contributed by atoms with Gasteiger partial charge in [-0.05, 0) is 19.1 Å². The standard InChI is InChI=1S/C15H18N2O3/c1-11-2-4-12(5-3-11)17-14(18)10-13(15(17)19)16-6-8-20-9-7-16/h2-5,13H,6-10H2,1H3/t13-/m1/s1. The van der Waals surface area contributed by atoms with E-state index >= 15 is 0 Å². The van der Waals surface area contributed by atoms with E-state index in [0.717, 1.165) is 5.56 Å². The summed E-state index contributed by atoms with van der Waals surface area (Å²) in [5.41, 5.74) is 1.78. The van der Waals surface area contributed by atoms with Gasteiger partial charge in [-0.1, -0.05) is 17.7 Å². The monoisotopic (exact) mass is 274 g/mol. The molecule has 106 valence electrons. The van der Waals surface area contributed by atoms with Crippen molar-refractivity contribution >= 4 is 17.5 Å². The average molecular weight is 274 g/mol. The van der Waals surface area contributed by atoms with Gasteiger partial charge >= 0.3 is 0 Å². The van der Waals surface area contributed by atoms with Crippen molar-refractivity contribution in [2.75, 3.05) is 31.2 Å². The Morgan fingerprint density at radius 1 is 1.10 bits per heavy atom. The highest BCUT2D eigenvalue weighted by molar-refractivity contribution is 6.22. The summed E-state index contributed by atoms with van der Waals surface area (Å²) in [7, 11) is 0. The van der Waals surface area contributed by atoms with Crippen LogP contribution in [-0.2, 0) is 14.3 Å². The van der Waals surface area contributed by atoms with Crippen LogP contribution in [0.5, 0.6) is 0 Å². The number of anilines is 1. The molecule has 3 rings (SSSR count).